The first kappa shape index (κ1) is 27.8. The van der Waals surface area contributed by atoms with E-state index in [0.717, 1.165) is 16.0 Å². The minimum atomic E-state index is -3.94. The summed E-state index contributed by atoms with van der Waals surface area (Å²) in [6.45, 7) is 2.06. The van der Waals surface area contributed by atoms with Gasteiger partial charge in [0.2, 0.25) is 15.9 Å². The molecule has 0 aromatic heterocycles. The van der Waals surface area contributed by atoms with E-state index in [9.17, 15) is 22.8 Å². The number of hydrogen-bond donors (Lipinski definition) is 1. The number of sulfonamides is 1. The van der Waals surface area contributed by atoms with Crippen molar-refractivity contribution in [1.29, 1.82) is 0 Å². The topological polar surface area (TPSA) is 136 Å². The van der Waals surface area contributed by atoms with Crippen LogP contribution in [0.5, 0.6) is 11.5 Å². The number of hydrogen-bond acceptors (Lipinski definition) is 7. The minimum Gasteiger partial charge on any atom is -0.493 e. The molecule has 39 heavy (non-hydrogen) atoms. The fourth-order valence-corrected chi connectivity index (χ4v) is 4.98. The van der Waals surface area contributed by atoms with Gasteiger partial charge in [-0.1, -0.05) is 23.8 Å². The molecule has 1 fully saturated rings. The van der Waals surface area contributed by atoms with Crippen molar-refractivity contribution in [3.05, 3.63) is 83.4 Å². The summed E-state index contributed by atoms with van der Waals surface area (Å²) in [7, 11) is -0.873. The lowest BCUT2D eigenvalue weighted by Gasteiger charge is -2.28. The van der Waals surface area contributed by atoms with Crippen molar-refractivity contribution in [2.75, 3.05) is 25.7 Å². The van der Waals surface area contributed by atoms with Crippen LogP contribution in [-0.4, -0.2) is 57.8 Å². The Kier molecular flexibility index (Phi) is 8.03. The van der Waals surface area contributed by atoms with Crippen LogP contribution in [0.3, 0.4) is 0 Å². The van der Waals surface area contributed by atoms with Gasteiger partial charge in [-0.15, -0.1) is 0 Å². The summed E-state index contributed by atoms with van der Waals surface area (Å²) in [5, 5.41) is 5.16. The molecule has 0 spiro atoms. The predicted molar refractivity (Wildman–Crippen MR) is 144 cm³/mol. The van der Waals surface area contributed by atoms with Gasteiger partial charge in [0.1, 0.15) is 6.04 Å². The molecule has 0 saturated carbocycles. The van der Waals surface area contributed by atoms with Crippen LogP contribution in [0.25, 0.3) is 0 Å². The zero-order valence-electron chi connectivity index (χ0n) is 21.8. The van der Waals surface area contributed by atoms with E-state index >= 15 is 0 Å². The van der Waals surface area contributed by atoms with Crippen molar-refractivity contribution >= 4 is 33.4 Å². The Morgan fingerprint density at radius 2 is 1.62 bits per heavy atom. The van der Waals surface area contributed by atoms with Crippen LogP contribution in [0.1, 0.15) is 27.9 Å². The van der Waals surface area contributed by atoms with Gasteiger partial charge in [-0.25, -0.2) is 18.5 Å². The molecular formula is C28H29N3O7S. The molecule has 0 bridgehead atoms. The van der Waals surface area contributed by atoms with Crippen LogP contribution in [0.2, 0.25) is 0 Å². The number of aryl methyl sites for hydroxylation is 1. The molecule has 0 radical (unpaired) electrons. The van der Waals surface area contributed by atoms with E-state index in [1.54, 1.807) is 36.4 Å². The Hall–Kier alpha value is -4.22. The molecule has 0 aliphatic carbocycles. The minimum absolute atomic E-state index is 0.145. The maximum Gasteiger partial charge on any atom is 0.257 e. The number of imide groups is 1. The van der Waals surface area contributed by atoms with Crippen LogP contribution in [0.4, 0.5) is 5.69 Å². The average molecular weight is 552 g/mol. The number of methoxy groups -OCH3 is 2. The number of nitrogens with zero attached hydrogens (tertiary/aromatic N) is 2. The first-order valence-electron chi connectivity index (χ1n) is 12.1. The Bertz CT molecular complexity index is 1500. The monoisotopic (exact) mass is 551 g/mol. The molecule has 2 N–H and O–H groups in total. The Morgan fingerprint density at radius 1 is 0.974 bits per heavy atom. The molecule has 1 atom stereocenters. The summed E-state index contributed by atoms with van der Waals surface area (Å²) >= 11 is 0. The second kappa shape index (κ2) is 11.3. The number of amides is 3. The van der Waals surface area contributed by atoms with E-state index in [4.69, 9.17) is 14.6 Å². The number of nitrogens with two attached hydrogens (primary N) is 1. The Morgan fingerprint density at radius 3 is 2.21 bits per heavy atom. The lowest BCUT2D eigenvalue weighted by atomic mass is 10.1. The Balaban J connectivity index is 1.64. The summed E-state index contributed by atoms with van der Waals surface area (Å²) in [6.07, 6.45) is 0.179. The van der Waals surface area contributed by atoms with Crippen LogP contribution in [0, 0.1) is 6.92 Å². The lowest BCUT2D eigenvalue weighted by Crippen LogP contribution is -2.46. The summed E-state index contributed by atoms with van der Waals surface area (Å²) < 4.78 is 33.9. The quantitative estimate of drug-likeness (QED) is 0.404. The van der Waals surface area contributed by atoms with Crippen molar-refractivity contribution in [2.45, 2.75) is 30.7 Å². The SMILES string of the molecule is COc1ccc(CCN(C(=O)c2ccc(C)cc2)C2CC(=O)N(c3ccc(S(N)(=O)=O)cc3)C2=O)cc1OC. The standard InChI is InChI=1S/C28H29N3O7S/c1-18-4-7-20(8-5-18)27(33)30(15-14-19-6-13-24(37-2)25(16-19)38-3)23-17-26(32)31(28(23)34)21-9-11-22(12-10-21)39(29,35)36/h4-13,16,23H,14-15,17H2,1-3H3,(H2,29,35,36). The average Bonchev–Trinajstić information content (AvgIpc) is 3.21. The number of carbonyl (C=O) groups excluding carboxylic acids is 3. The largest absolute Gasteiger partial charge is 0.493 e. The highest BCUT2D eigenvalue weighted by Crippen LogP contribution is 2.30. The third-order valence-electron chi connectivity index (χ3n) is 6.57. The van der Waals surface area contributed by atoms with Crippen LogP contribution in [0.15, 0.2) is 71.6 Å². The molecule has 1 heterocycles. The summed E-state index contributed by atoms with van der Waals surface area (Å²) in [4.78, 5) is 42.5. The molecular weight excluding hydrogens is 522 g/mol. The predicted octanol–water partition coefficient (Wildman–Crippen LogP) is 2.68. The van der Waals surface area contributed by atoms with Gasteiger partial charge in [0, 0.05) is 12.1 Å². The maximum atomic E-state index is 13.7. The number of benzene rings is 3. The third kappa shape index (κ3) is 5.94. The first-order chi connectivity index (χ1) is 18.5. The van der Waals surface area contributed by atoms with E-state index in [1.807, 2.05) is 13.0 Å². The molecule has 3 amide bonds. The molecule has 11 heteroatoms. The second-order valence-corrected chi connectivity index (χ2v) is 10.7. The molecule has 1 aliphatic heterocycles. The molecule has 10 nitrogen and oxygen atoms in total. The van der Waals surface area contributed by atoms with E-state index < -0.39 is 27.9 Å². The van der Waals surface area contributed by atoms with Crippen LogP contribution in [-0.2, 0) is 26.0 Å². The summed E-state index contributed by atoms with van der Waals surface area (Å²) in [5.41, 5.74) is 2.41. The highest BCUT2D eigenvalue weighted by molar-refractivity contribution is 7.89. The number of carbonyl (C=O) groups is 3. The molecule has 3 aromatic rings. The van der Waals surface area contributed by atoms with Gasteiger partial charge in [-0.05, 0) is 67.4 Å². The zero-order valence-corrected chi connectivity index (χ0v) is 22.6. The fourth-order valence-electron chi connectivity index (χ4n) is 4.46. The number of primary sulfonamides is 1. The van der Waals surface area contributed by atoms with Gasteiger partial charge in [0.15, 0.2) is 11.5 Å². The Labute approximate surface area is 227 Å². The molecule has 1 unspecified atom stereocenters. The van der Waals surface area contributed by atoms with Gasteiger partial charge >= 0.3 is 0 Å². The van der Waals surface area contributed by atoms with E-state index in [0.29, 0.717) is 23.5 Å². The highest BCUT2D eigenvalue weighted by Gasteiger charge is 2.44. The lowest BCUT2D eigenvalue weighted by molar-refractivity contribution is -0.122. The normalized spacial score (nSPS) is 15.4. The zero-order chi connectivity index (χ0) is 28.3. The van der Waals surface area contributed by atoms with Gasteiger partial charge < -0.3 is 14.4 Å². The van der Waals surface area contributed by atoms with Crippen LogP contribution >= 0.6 is 0 Å². The van der Waals surface area contributed by atoms with E-state index in [2.05, 4.69) is 0 Å². The first-order valence-corrected chi connectivity index (χ1v) is 13.7. The maximum absolute atomic E-state index is 13.7. The van der Waals surface area contributed by atoms with Gasteiger partial charge in [-0.2, -0.15) is 0 Å². The molecule has 3 aromatic carbocycles. The molecule has 1 saturated heterocycles. The molecule has 4 rings (SSSR count). The second-order valence-electron chi connectivity index (χ2n) is 9.13. The van der Waals surface area contributed by atoms with Crippen molar-refractivity contribution in [2.24, 2.45) is 5.14 Å². The van der Waals surface area contributed by atoms with E-state index in [-0.39, 0.29) is 29.5 Å². The number of rotatable bonds is 9. The summed E-state index contributed by atoms with van der Waals surface area (Å²) in [5.74, 6) is -0.354. The van der Waals surface area contributed by atoms with Crippen molar-refractivity contribution in [1.82, 2.24) is 4.90 Å². The van der Waals surface area contributed by atoms with Gasteiger partial charge in [0.25, 0.3) is 11.8 Å². The van der Waals surface area contributed by atoms with Crippen molar-refractivity contribution in [3.8, 4) is 11.5 Å². The molecule has 204 valence electrons. The smallest absolute Gasteiger partial charge is 0.257 e. The summed E-state index contributed by atoms with van der Waals surface area (Å²) in [6, 6.07) is 16.5. The van der Waals surface area contributed by atoms with E-state index in [1.165, 1.54) is 43.4 Å². The van der Waals surface area contributed by atoms with Gasteiger partial charge in [0.05, 0.1) is 31.2 Å². The number of ether oxygens (including phenoxy) is 2. The van der Waals surface area contributed by atoms with Crippen LogP contribution < -0.4 is 19.5 Å². The molecule has 1 aliphatic rings. The third-order valence-corrected chi connectivity index (χ3v) is 7.50. The van der Waals surface area contributed by atoms with Gasteiger partial charge in [-0.3, -0.25) is 14.4 Å². The van der Waals surface area contributed by atoms with Crippen molar-refractivity contribution < 1.29 is 32.3 Å². The highest BCUT2D eigenvalue weighted by atomic mass is 32.2. The fraction of sp³-hybridized carbons (Fsp3) is 0.250. The van der Waals surface area contributed by atoms with Crippen molar-refractivity contribution in [3.63, 3.8) is 0 Å². The number of anilines is 1.